The summed E-state index contributed by atoms with van der Waals surface area (Å²) in [5, 5.41) is 3.87. The first-order valence-corrected chi connectivity index (χ1v) is 4.87. The molecule has 1 aliphatic carbocycles. The zero-order valence-corrected chi connectivity index (χ0v) is 8.02. The Bertz CT molecular complexity index is 317. The summed E-state index contributed by atoms with van der Waals surface area (Å²) in [6.07, 6.45) is 2.53. The predicted molar refractivity (Wildman–Crippen MR) is 55.8 cm³/mol. The van der Waals surface area contributed by atoms with E-state index < -0.39 is 0 Å². The van der Waals surface area contributed by atoms with Crippen LogP contribution in [-0.2, 0) is 4.84 Å². The highest BCUT2D eigenvalue weighted by Crippen LogP contribution is 2.28. The molecule has 0 aromatic heterocycles. The minimum absolute atomic E-state index is 0.450. The average Bonchev–Trinajstić information content (AvgIpc) is 3.03. The first-order valence-electron chi connectivity index (χ1n) is 4.87. The van der Waals surface area contributed by atoms with Crippen LogP contribution >= 0.6 is 0 Å². The Labute approximate surface area is 83.6 Å². The van der Waals surface area contributed by atoms with Crippen LogP contribution in [0.3, 0.4) is 0 Å². The van der Waals surface area contributed by atoms with Gasteiger partial charge in [-0.2, -0.15) is 0 Å². The molecule has 0 spiro atoms. The summed E-state index contributed by atoms with van der Waals surface area (Å²) in [6, 6.07) is 9.64. The third-order valence-electron chi connectivity index (χ3n) is 2.24. The van der Waals surface area contributed by atoms with Crippen molar-refractivity contribution in [1.82, 2.24) is 0 Å². The Morgan fingerprint density at radius 3 is 2.71 bits per heavy atom. The Morgan fingerprint density at radius 1 is 1.36 bits per heavy atom. The van der Waals surface area contributed by atoms with E-state index in [0.29, 0.717) is 18.4 Å². The third-order valence-corrected chi connectivity index (χ3v) is 2.24. The molecule has 0 heterocycles. The van der Waals surface area contributed by atoms with Gasteiger partial charge in [0.05, 0.1) is 0 Å². The molecule has 0 saturated heterocycles. The highest BCUT2D eigenvalue weighted by molar-refractivity contribution is 5.96. The first-order chi connectivity index (χ1) is 6.86. The van der Waals surface area contributed by atoms with Gasteiger partial charge in [-0.1, -0.05) is 35.5 Å². The largest absolute Gasteiger partial charge is 0.394 e. The Morgan fingerprint density at radius 2 is 2.07 bits per heavy atom. The topological polar surface area (TPSA) is 47.6 Å². The van der Waals surface area contributed by atoms with Crippen LogP contribution in [0, 0.1) is 5.92 Å². The summed E-state index contributed by atoms with van der Waals surface area (Å²) in [7, 11) is 0. The molecule has 74 valence electrons. The van der Waals surface area contributed by atoms with Gasteiger partial charge in [0.2, 0.25) is 0 Å². The summed E-state index contributed by atoms with van der Waals surface area (Å²) < 4.78 is 0. The minimum atomic E-state index is 0.450. The molecule has 2 N–H and O–H groups in total. The smallest absolute Gasteiger partial charge is 0.170 e. The van der Waals surface area contributed by atoms with Gasteiger partial charge in [-0.15, -0.1) is 0 Å². The van der Waals surface area contributed by atoms with Gasteiger partial charge in [0, 0.05) is 5.56 Å². The van der Waals surface area contributed by atoms with Crippen molar-refractivity contribution in [3.05, 3.63) is 35.9 Å². The molecule has 3 heteroatoms. The predicted octanol–water partition coefficient (Wildman–Crippen LogP) is 1.73. The van der Waals surface area contributed by atoms with Crippen LogP contribution in [0.15, 0.2) is 35.5 Å². The Balaban J connectivity index is 1.89. The molecular weight excluding hydrogens is 176 g/mol. The summed E-state index contributed by atoms with van der Waals surface area (Å²) in [4.78, 5) is 5.14. The van der Waals surface area contributed by atoms with Gasteiger partial charge in [0.15, 0.2) is 5.84 Å². The normalized spacial score (nSPS) is 16.7. The van der Waals surface area contributed by atoms with Crippen molar-refractivity contribution in [2.24, 2.45) is 16.8 Å². The van der Waals surface area contributed by atoms with Crippen molar-refractivity contribution in [2.45, 2.75) is 12.8 Å². The van der Waals surface area contributed by atoms with E-state index in [-0.39, 0.29) is 0 Å². The number of hydrogen-bond acceptors (Lipinski definition) is 2. The fourth-order valence-electron chi connectivity index (χ4n) is 1.16. The molecule has 3 nitrogen and oxygen atoms in total. The fourth-order valence-corrected chi connectivity index (χ4v) is 1.16. The van der Waals surface area contributed by atoms with Crippen LogP contribution in [0.25, 0.3) is 0 Å². The standard InChI is InChI=1S/C11H14N2O/c12-11(10-4-2-1-3-5-10)13-14-8-9-6-7-9/h1-5,9H,6-8H2,(H2,12,13). The number of amidine groups is 1. The van der Waals surface area contributed by atoms with Crippen LogP contribution in [0.5, 0.6) is 0 Å². The van der Waals surface area contributed by atoms with Crippen molar-refractivity contribution < 1.29 is 4.84 Å². The average molecular weight is 190 g/mol. The highest BCUT2D eigenvalue weighted by atomic mass is 16.6. The second kappa shape index (κ2) is 4.13. The number of rotatable bonds is 4. The molecule has 0 aliphatic heterocycles. The van der Waals surface area contributed by atoms with E-state index in [4.69, 9.17) is 10.6 Å². The first kappa shape index (κ1) is 9.06. The molecule has 0 radical (unpaired) electrons. The van der Waals surface area contributed by atoms with Gasteiger partial charge in [0.1, 0.15) is 6.61 Å². The van der Waals surface area contributed by atoms with E-state index in [1.165, 1.54) is 12.8 Å². The molecule has 0 bridgehead atoms. The van der Waals surface area contributed by atoms with E-state index in [1.54, 1.807) is 0 Å². The number of nitrogens with two attached hydrogens (primary N) is 1. The van der Waals surface area contributed by atoms with E-state index in [1.807, 2.05) is 30.3 Å². The molecule has 0 amide bonds. The molecule has 1 saturated carbocycles. The summed E-state index contributed by atoms with van der Waals surface area (Å²) in [5.41, 5.74) is 6.63. The molecule has 1 aromatic rings. The van der Waals surface area contributed by atoms with Gasteiger partial charge >= 0.3 is 0 Å². The monoisotopic (exact) mass is 190 g/mol. The molecule has 1 aromatic carbocycles. The second-order valence-electron chi connectivity index (χ2n) is 3.58. The van der Waals surface area contributed by atoms with Crippen LogP contribution in [0.4, 0.5) is 0 Å². The van der Waals surface area contributed by atoms with Crippen molar-refractivity contribution in [3.8, 4) is 0 Å². The van der Waals surface area contributed by atoms with Crippen molar-refractivity contribution in [1.29, 1.82) is 0 Å². The Hall–Kier alpha value is -1.51. The summed E-state index contributed by atoms with van der Waals surface area (Å²) in [6.45, 7) is 0.702. The van der Waals surface area contributed by atoms with Gasteiger partial charge in [0.25, 0.3) is 0 Å². The number of nitrogens with zero attached hydrogens (tertiary/aromatic N) is 1. The lowest BCUT2D eigenvalue weighted by Gasteiger charge is -2.00. The SMILES string of the molecule is NC(=NOCC1CC1)c1ccccc1. The van der Waals surface area contributed by atoms with Crippen molar-refractivity contribution in [3.63, 3.8) is 0 Å². The van der Waals surface area contributed by atoms with Crippen LogP contribution in [-0.4, -0.2) is 12.4 Å². The molecular formula is C11H14N2O. The lowest BCUT2D eigenvalue weighted by Crippen LogP contribution is -2.13. The van der Waals surface area contributed by atoms with Gasteiger partial charge < -0.3 is 10.6 Å². The minimum Gasteiger partial charge on any atom is -0.394 e. The second-order valence-corrected chi connectivity index (χ2v) is 3.58. The number of hydrogen-bond donors (Lipinski definition) is 1. The maximum atomic E-state index is 5.73. The number of benzene rings is 1. The Kier molecular flexibility index (Phi) is 2.68. The molecule has 1 aliphatic rings. The maximum Gasteiger partial charge on any atom is 0.170 e. The van der Waals surface area contributed by atoms with Crippen molar-refractivity contribution in [2.75, 3.05) is 6.61 Å². The van der Waals surface area contributed by atoms with E-state index in [2.05, 4.69) is 5.16 Å². The lowest BCUT2D eigenvalue weighted by molar-refractivity contribution is 0.133. The van der Waals surface area contributed by atoms with Gasteiger partial charge in [-0.3, -0.25) is 0 Å². The van der Waals surface area contributed by atoms with Crippen LogP contribution in [0.1, 0.15) is 18.4 Å². The zero-order valence-electron chi connectivity index (χ0n) is 8.02. The zero-order chi connectivity index (χ0) is 9.80. The van der Waals surface area contributed by atoms with E-state index >= 15 is 0 Å². The quantitative estimate of drug-likeness (QED) is 0.446. The van der Waals surface area contributed by atoms with Crippen LogP contribution < -0.4 is 5.73 Å². The van der Waals surface area contributed by atoms with Gasteiger partial charge in [-0.25, -0.2) is 0 Å². The molecule has 1 fully saturated rings. The third kappa shape index (κ3) is 2.49. The summed E-state index contributed by atoms with van der Waals surface area (Å²) in [5.74, 6) is 1.16. The van der Waals surface area contributed by atoms with Crippen molar-refractivity contribution >= 4 is 5.84 Å². The van der Waals surface area contributed by atoms with E-state index in [9.17, 15) is 0 Å². The molecule has 0 atom stereocenters. The molecule has 14 heavy (non-hydrogen) atoms. The molecule has 0 unspecified atom stereocenters. The highest BCUT2D eigenvalue weighted by Gasteiger charge is 2.21. The molecule has 2 rings (SSSR count). The van der Waals surface area contributed by atoms with Gasteiger partial charge in [-0.05, 0) is 18.8 Å². The number of oxime groups is 1. The fraction of sp³-hybridized carbons (Fsp3) is 0.364. The van der Waals surface area contributed by atoms with E-state index in [0.717, 1.165) is 5.56 Å². The lowest BCUT2D eigenvalue weighted by atomic mass is 10.2. The van der Waals surface area contributed by atoms with Crippen LogP contribution in [0.2, 0.25) is 0 Å². The summed E-state index contributed by atoms with van der Waals surface area (Å²) >= 11 is 0. The maximum absolute atomic E-state index is 5.73.